The maximum Gasteiger partial charge on any atom is 0.237 e. The lowest BCUT2D eigenvalue weighted by molar-refractivity contribution is -0.125. The molecule has 2 rings (SSSR count). The average Bonchev–Trinajstić information content (AvgIpc) is 3.15. The molecule has 2 heterocycles. The van der Waals surface area contributed by atoms with E-state index in [-0.39, 0.29) is 11.9 Å². The van der Waals surface area contributed by atoms with Gasteiger partial charge < -0.3 is 10.2 Å². The highest BCUT2D eigenvalue weighted by Gasteiger charge is 2.37. The maximum atomic E-state index is 12.4. The number of nitrogens with one attached hydrogen (secondary N) is 1. The van der Waals surface area contributed by atoms with Crippen molar-refractivity contribution in [3.8, 4) is 0 Å². The van der Waals surface area contributed by atoms with Crippen molar-refractivity contribution in [3.05, 3.63) is 22.4 Å². The van der Waals surface area contributed by atoms with Crippen molar-refractivity contribution in [1.82, 2.24) is 15.1 Å². The first-order chi connectivity index (χ1) is 10.5. The summed E-state index contributed by atoms with van der Waals surface area (Å²) in [5.74, 6) is 0.149. The van der Waals surface area contributed by atoms with Gasteiger partial charge in [-0.25, -0.2) is 0 Å². The maximum absolute atomic E-state index is 12.4. The summed E-state index contributed by atoms with van der Waals surface area (Å²) in [6.45, 7) is 4.71. The minimum atomic E-state index is -0.0528. The van der Waals surface area contributed by atoms with E-state index in [1.54, 1.807) is 11.3 Å². The number of carbonyl (C=O) groups excluding carboxylic acids is 1. The second-order valence-corrected chi connectivity index (χ2v) is 8.16. The van der Waals surface area contributed by atoms with Gasteiger partial charge >= 0.3 is 0 Å². The topological polar surface area (TPSA) is 35.6 Å². The van der Waals surface area contributed by atoms with Gasteiger partial charge in [0.2, 0.25) is 5.91 Å². The van der Waals surface area contributed by atoms with Gasteiger partial charge in [0.05, 0.1) is 6.04 Å². The number of carbonyl (C=O) groups is 1. The van der Waals surface area contributed by atoms with Crippen molar-refractivity contribution >= 4 is 29.0 Å². The molecule has 6 heteroatoms. The summed E-state index contributed by atoms with van der Waals surface area (Å²) in [6.07, 6.45) is 3.08. The van der Waals surface area contributed by atoms with E-state index < -0.39 is 0 Å². The Labute approximate surface area is 142 Å². The van der Waals surface area contributed by atoms with Crippen molar-refractivity contribution in [3.63, 3.8) is 0 Å². The van der Waals surface area contributed by atoms with Crippen LogP contribution in [0.1, 0.15) is 11.8 Å². The van der Waals surface area contributed by atoms with Crippen LogP contribution >= 0.6 is 23.1 Å². The largest absolute Gasteiger partial charge is 0.354 e. The molecule has 124 valence electrons. The van der Waals surface area contributed by atoms with Crippen LogP contribution in [0.25, 0.3) is 0 Å². The number of rotatable bonds is 7. The summed E-state index contributed by atoms with van der Waals surface area (Å²) in [5.41, 5.74) is 0. The Hall–Kier alpha value is -0.560. The molecule has 1 aliphatic rings. The third kappa shape index (κ3) is 4.47. The number of hydrogen-bond acceptors (Lipinski definition) is 5. The molecular weight excluding hydrogens is 314 g/mol. The van der Waals surface area contributed by atoms with E-state index in [4.69, 9.17) is 0 Å². The highest BCUT2D eigenvalue weighted by molar-refractivity contribution is 7.99. The predicted molar refractivity (Wildman–Crippen MR) is 96.8 cm³/mol. The molecule has 1 fully saturated rings. The summed E-state index contributed by atoms with van der Waals surface area (Å²) in [7, 11) is 4.26. The van der Waals surface area contributed by atoms with E-state index in [2.05, 4.69) is 53.0 Å². The zero-order valence-electron chi connectivity index (χ0n) is 13.9. The Balaban J connectivity index is 1.80. The van der Waals surface area contributed by atoms with Crippen LogP contribution in [0.3, 0.4) is 0 Å². The number of thiophene rings is 1. The molecule has 1 amide bonds. The molecule has 0 aromatic carbocycles. The van der Waals surface area contributed by atoms with Gasteiger partial charge in [0, 0.05) is 35.8 Å². The van der Waals surface area contributed by atoms with Gasteiger partial charge in [-0.1, -0.05) is 6.07 Å². The van der Waals surface area contributed by atoms with E-state index in [0.29, 0.717) is 11.3 Å². The number of hydrogen-bond donors (Lipinski definition) is 1. The first-order valence-corrected chi connectivity index (χ1v) is 9.93. The van der Waals surface area contributed by atoms with Gasteiger partial charge in [-0.05, 0) is 45.1 Å². The van der Waals surface area contributed by atoms with Gasteiger partial charge in [-0.3, -0.25) is 9.69 Å². The normalized spacial score (nSPS) is 23.9. The van der Waals surface area contributed by atoms with Crippen molar-refractivity contribution in [2.24, 2.45) is 0 Å². The van der Waals surface area contributed by atoms with Gasteiger partial charge in [0.25, 0.3) is 0 Å². The van der Waals surface area contributed by atoms with Gasteiger partial charge in [-0.15, -0.1) is 11.3 Å². The monoisotopic (exact) mass is 341 g/mol. The van der Waals surface area contributed by atoms with Crippen LogP contribution in [0.2, 0.25) is 0 Å². The van der Waals surface area contributed by atoms with Crippen molar-refractivity contribution < 1.29 is 4.79 Å². The van der Waals surface area contributed by atoms with Crippen molar-refractivity contribution in [2.45, 2.75) is 30.7 Å². The van der Waals surface area contributed by atoms with Crippen LogP contribution in [0, 0.1) is 0 Å². The van der Waals surface area contributed by atoms with Crippen LogP contribution in [0.15, 0.2) is 17.5 Å². The minimum absolute atomic E-state index is 0.0528. The highest BCUT2D eigenvalue weighted by atomic mass is 32.2. The van der Waals surface area contributed by atoms with Crippen LogP contribution in [0.4, 0.5) is 0 Å². The Kier molecular flexibility index (Phi) is 6.74. The molecule has 1 N–H and O–H groups in total. The van der Waals surface area contributed by atoms with Crippen molar-refractivity contribution in [1.29, 1.82) is 0 Å². The molecule has 1 aromatic heterocycles. The smallest absolute Gasteiger partial charge is 0.237 e. The number of thioether (sulfide) groups is 1. The van der Waals surface area contributed by atoms with E-state index in [1.807, 2.05) is 18.7 Å². The Morgan fingerprint density at radius 1 is 1.55 bits per heavy atom. The van der Waals surface area contributed by atoms with E-state index in [1.165, 1.54) is 4.88 Å². The lowest BCUT2D eigenvalue weighted by Crippen LogP contribution is -2.45. The van der Waals surface area contributed by atoms with Gasteiger partial charge in [0.1, 0.15) is 0 Å². The molecule has 22 heavy (non-hydrogen) atoms. The molecule has 0 aliphatic carbocycles. The fourth-order valence-electron chi connectivity index (χ4n) is 2.91. The average molecular weight is 342 g/mol. The summed E-state index contributed by atoms with van der Waals surface area (Å²) in [6, 6.07) is 4.64. The first-order valence-electron chi connectivity index (χ1n) is 7.76. The number of likely N-dealkylation sites (N-methyl/N-ethyl adjacent to an activating group) is 1. The van der Waals surface area contributed by atoms with Crippen LogP contribution in [-0.4, -0.2) is 73.0 Å². The zero-order chi connectivity index (χ0) is 16.1. The van der Waals surface area contributed by atoms with E-state index in [0.717, 1.165) is 26.1 Å². The fourth-order valence-corrected chi connectivity index (χ4v) is 4.60. The first kappa shape index (κ1) is 17.8. The summed E-state index contributed by atoms with van der Waals surface area (Å²) < 4.78 is 0. The SMILES string of the molecule is CS[C@@H]1CN([C@H](C)C(=O)NCCc2cccs2)C[C@@H]1N(C)C. The summed E-state index contributed by atoms with van der Waals surface area (Å²) in [4.78, 5) is 18.3. The van der Waals surface area contributed by atoms with Crippen LogP contribution in [0.5, 0.6) is 0 Å². The molecule has 1 aromatic rings. The van der Waals surface area contributed by atoms with Crippen LogP contribution < -0.4 is 5.32 Å². The van der Waals surface area contributed by atoms with Crippen molar-refractivity contribution in [2.75, 3.05) is 40.0 Å². The van der Waals surface area contributed by atoms with Crippen LogP contribution in [-0.2, 0) is 11.2 Å². The second-order valence-electron chi connectivity index (χ2n) is 6.06. The fraction of sp³-hybridized carbons (Fsp3) is 0.688. The summed E-state index contributed by atoms with van der Waals surface area (Å²) >= 11 is 3.65. The predicted octanol–water partition coefficient (Wildman–Crippen LogP) is 1.77. The molecule has 4 nitrogen and oxygen atoms in total. The molecule has 1 aliphatic heterocycles. The standard InChI is InChI=1S/C16H27N3OS2/c1-12(16(20)17-8-7-13-6-5-9-22-13)19-10-14(18(2)3)15(11-19)21-4/h5-6,9,12,14-15H,7-8,10-11H2,1-4H3,(H,17,20)/t12-,14+,15-/m1/s1. The number of nitrogens with zero attached hydrogens (tertiary/aromatic N) is 2. The number of likely N-dealkylation sites (tertiary alicyclic amines) is 1. The lowest BCUT2D eigenvalue weighted by atomic mass is 10.2. The summed E-state index contributed by atoms with van der Waals surface area (Å²) in [5, 5.41) is 5.74. The zero-order valence-corrected chi connectivity index (χ0v) is 15.5. The molecular formula is C16H27N3OS2. The molecule has 0 saturated carbocycles. The Bertz CT molecular complexity index is 464. The van der Waals surface area contributed by atoms with E-state index in [9.17, 15) is 4.79 Å². The van der Waals surface area contributed by atoms with Gasteiger partial charge in [0.15, 0.2) is 0 Å². The molecule has 3 atom stereocenters. The van der Waals surface area contributed by atoms with E-state index >= 15 is 0 Å². The molecule has 0 unspecified atom stereocenters. The number of amides is 1. The lowest BCUT2D eigenvalue weighted by Gasteiger charge is -2.25. The molecule has 0 radical (unpaired) electrons. The second kappa shape index (κ2) is 8.34. The minimum Gasteiger partial charge on any atom is -0.354 e. The third-order valence-electron chi connectivity index (χ3n) is 4.41. The quantitative estimate of drug-likeness (QED) is 0.820. The molecule has 1 saturated heterocycles. The van der Waals surface area contributed by atoms with Gasteiger partial charge in [-0.2, -0.15) is 11.8 Å². The molecule has 0 spiro atoms. The molecule has 0 bridgehead atoms. The Morgan fingerprint density at radius 3 is 2.86 bits per heavy atom. The third-order valence-corrected chi connectivity index (χ3v) is 6.41. The Morgan fingerprint density at radius 2 is 2.32 bits per heavy atom. The highest BCUT2D eigenvalue weighted by Crippen LogP contribution is 2.25.